The van der Waals surface area contributed by atoms with Crippen molar-refractivity contribution in [3.63, 3.8) is 0 Å². The molecule has 3 rings (SSSR count). The van der Waals surface area contributed by atoms with E-state index in [9.17, 15) is 13.2 Å². The molecule has 0 aliphatic carbocycles. The summed E-state index contributed by atoms with van der Waals surface area (Å²) >= 11 is 6.07. The molecule has 0 radical (unpaired) electrons. The van der Waals surface area contributed by atoms with Crippen molar-refractivity contribution < 1.29 is 13.2 Å². The van der Waals surface area contributed by atoms with Gasteiger partial charge >= 0.3 is 0 Å². The summed E-state index contributed by atoms with van der Waals surface area (Å²) in [6, 6.07) is 22.2. The van der Waals surface area contributed by atoms with E-state index < -0.39 is 10.0 Å². The average molecular weight is 427 g/mol. The van der Waals surface area contributed by atoms with Crippen molar-refractivity contribution in [1.82, 2.24) is 5.32 Å². The van der Waals surface area contributed by atoms with E-state index in [1.807, 2.05) is 12.1 Å². The van der Waals surface area contributed by atoms with Gasteiger partial charge < -0.3 is 5.32 Å². The van der Waals surface area contributed by atoms with Crippen LogP contribution in [0.5, 0.6) is 0 Å². The maximum Gasteiger partial charge on any atom is 0.261 e. The quantitative estimate of drug-likeness (QED) is 0.547. The molecule has 0 spiro atoms. The predicted molar refractivity (Wildman–Crippen MR) is 116 cm³/mol. The van der Waals surface area contributed by atoms with Gasteiger partial charge in [0.05, 0.1) is 10.6 Å². The van der Waals surface area contributed by atoms with Crippen molar-refractivity contribution in [3.05, 3.63) is 101 Å². The van der Waals surface area contributed by atoms with Crippen molar-refractivity contribution in [2.24, 2.45) is 0 Å². The number of carbonyl (C=O) groups is 1. The molecule has 0 aliphatic heterocycles. The Morgan fingerprint density at radius 2 is 1.55 bits per heavy atom. The number of rotatable bonds is 7. The smallest absolute Gasteiger partial charge is 0.261 e. The fraction of sp³-hybridized carbons (Fsp3) is 0.0455. The Kier molecular flexibility index (Phi) is 6.69. The average Bonchev–Trinajstić information content (AvgIpc) is 2.73. The van der Waals surface area contributed by atoms with Gasteiger partial charge in [-0.05, 0) is 41.5 Å². The van der Waals surface area contributed by atoms with Crippen LogP contribution in [0.1, 0.15) is 11.1 Å². The summed E-state index contributed by atoms with van der Waals surface area (Å²) < 4.78 is 27.7. The van der Waals surface area contributed by atoms with Crippen LogP contribution in [0.15, 0.2) is 89.8 Å². The zero-order chi connectivity index (χ0) is 20.7. The number of sulfonamides is 1. The largest absolute Gasteiger partial charge is 0.348 e. The maximum atomic E-state index is 12.6. The molecule has 0 saturated carbocycles. The molecule has 0 fully saturated rings. The van der Waals surface area contributed by atoms with Gasteiger partial charge in [-0.3, -0.25) is 9.52 Å². The Balaban J connectivity index is 1.68. The van der Waals surface area contributed by atoms with Crippen LogP contribution in [0.3, 0.4) is 0 Å². The molecular formula is C22H19ClN2O3S. The van der Waals surface area contributed by atoms with Crippen molar-refractivity contribution in [2.45, 2.75) is 11.4 Å². The summed E-state index contributed by atoms with van der Waals surface area (Å²) in [6.07, 6.45) is 3.01. The van der Waals surface area contributed by atoms with Crippen LogP contribution in [-0.2, 0) is 21.4 Å². The molecule has 0 saturated heterocycles. The predicted octanol–water partition coefficient (Wildman–Crippen LogP) is 4.47. The molecule has 3 aromatic rings. The zero-order valence-corrected chi connectivity index (χ0v) is 17.0. The monoisotopic (exact) mass is 426 g/mol. The third-order valence-electron chi connectivity index (χ3n) is 4.09. The van der Waals surface area contributed by atoms with Gasteiger partial charge in [0, 0.05) is 17.6 Å². The molecule has 0 heterocycles. The molecule has 7 heteroatoms. The summed E-state index contributed by atoms with van der Waals surface area (Å²) in [7, 11) is -3.72. The van der Waals surface area contributed by atoms with Crippen LogP contribution in [0.2, 0.25) is 5.02 Å². The summed E-state index contributed by atoms with van der Waals surface area (Å²) in [6.45, 7) is 0.166. The Morgan fingerprint density at radius 3 is 2.31 bits per heavy atom. The van der Waals surface area contributed by atoms with Crippen molar-refractivity contribution in [2.75, 3.05) is 4.72 Å². The molecule has 0 aliphatic rings. The number of anilines is 1. The number of nitrogens with one attached hydrogen (secondary N) is 2. The second-order valence-electron chi connectivity index (χ2n) is 6.15. The van der Waals surface area contributed by atoms with E-state index >= 15 is 0 Å². The Bertz CT molecular complexity index is 1130. The van der Waals surface area contributed by atoms with Crippen LogP contribution in [0.25, 0.3) is 6.08 Å². The molecule has 0 bridgehead atoms. The van der Waals surface area contributed by atoms with Crippen molar-refractivity contribution in [1.29, 1.82) is 0 Å². The maximum absolute atomic E-state index is 12.6. The van der Waals surface area contributed by atoms with Gasteiger partial charge in [0.1, 0.15) is 0 Å². The molecule has 0 aromatic heterocycles. The minimum atomic E-state index is -3.72. The first-order valence-electron chi connectivity index (χ1n) is 8.82. The van der Waals surface area contributed by atoms with Crippen LogP contribution < -0.4 is 10.0 Å². The van der Waals surface area contributed by atoms with E-state index in [2.05, 4.69) is 10.0 Å². The Labute approximate surface area is 175 Å². The molecule has 1 amide bonds. The zero-order valence-electron chi connectivity index (χ0n) is 15.4. The van der Waals surface area contributed by atoms with Gasteiger partial charge in [0.2, 0.25) is 5.91 Å². The number of halogens is 1. The summed E-state index contributed by atoms with van der Waals surface area (Å²) in [5.41, 5.74) is 1.79. The first-order valence-corrected chi connectivity index (χ1v) is 10.7. The van der Waals surface area contributed by atoms with Gasteiger partial charge in [0.15, 0.2) is 0 Å². The molecular weight excluding hydrogens is 408 g/mol. The van der Waals surface area contributed by atoms with Crippen molar-refractivity contribution >= 4 is 39.3 Å². The summed E-state index contributed by atoms with van der Waals surface area (Å²) in [5, 5.41) is 3.30. The third kappa shape index (κ3) is 5.70. The lowest BCUT2D eigenvalue weighted by Crippen LogP contribution is -2.22. The van der Waals surface area contributed by atoms with Crippen LogP contribution >= 0.6 is 11.6 Å². The lowest BCUT2D eigenvalue weighted by atomic mass is 10.2. The molecule has 3 aromatic carbocycles. The van der Waals surface area contributed by atoms with Crippen molar-refractivity contribution in [3.8, 4) is 0 Å². The lowest BCUT2D eigenvalue weighted by Gasteiger charge is -2.13. The summed E-state index contributed by atoms with van der Waals surface area (Å²) in [5.74, 6) is -0.314. The van der Waals surface area contributed by atoms with E-state index in [4.69, 9.17) is 11.6 Å². The lowest BCUT2D eigenvalue weighted by molar-refractivity contribution is -0.116. The number of para-hydroxylation sites is 1. The molecule has 148 valence electrons. The van der Waals surface area contributed by atoms with E-state index in [-0.39, 0.29) is 17.3 Å². The Morgan fingerprint density at radius 1 is 0.897 bits per heavy atom. The fourth-order valence-corrected chi connectivity index (χ4v) is 3.92. The number of hydrogen-bond donors (Lipinski definition) is 2. The summed E-state index contributed by atoms with van der Waals surface area (Å²) in [4.78, 5) is 12.3. The second-order valence-corrected chi connectivity index (χ2v) is 8.24. The number of hydrogen-bond acceptors (Lipinski definition) is 3. The molecule has 29 heavy (non-hydrogen) atoms. The fourth-order valence-electron chi connectivity index (χ4n) is 2.59. The van der Waals surface area contributed by atoms with E-state index in [1.165, 1.54) is 18.2 Å². The van der Waals surface area contributed by atoms with E-state index in [0.29, 0.717) is 16.3 Å². The van der Waals surface area contributed by atoms with Gasteiger partial charge in [-0.2, -0.15) is 0 Å². The van der Waals surface area contributed by atoms with Crippen LogP contribution in [0.4, 0.5) is 5.69 Å². The first kappa shape index (κ1) is 20.6. The minimum absolute atomic E-state index is 0.166. The normalized spacial score (nSPS) is 11.3. The molecule has 5 nitrogen and oxygen atoms in total. The highest BCUT2D eigenvalue weighted by Crippen LogP contribution is 2.20. The van der Waals surface area contributed by atoms with Gasteiger partial charge in [-0.15, -0.1) is 0 Å². The minimum Gasteiger partial charge on any atom is -0.348 e. The SMILES string of the molecule is O=C(/C=C/c1ccccc1Cl)NCc1ccccc1NS(=O)(=O)c1ccccc1. The molecule has 0 unspecified atom stereocenters. The third-order valence-corrected chi connectivity index (χ3v) is 5.81. The van der Waals surface area contributed by atoms with E-state index in [1.54, 1.807) is 60.7 Å². The molecule has 2 N–H and O–H groups in total. The first-order chi connectivity index (χ1) is 14.0. The highest BCUT2D eigenvalue weighted by atomic mass is 35.5. The molecule has 0 atom stereocenters. The number of carbonyl (C=O) groups excluding carboxylic acids is 1. The van der Waals surface area contributed by atoms with Crippen LogP contribution in [0, 0.1) is 0 Å². The number of benzene rings is 3. The highest BCUT2D eigenvalue weighted by molar-refractivity contribution is 7.92. The van der Waals surface area contributed by atoms with Gasteiger partial charge in [-0.1, -0.05) is 66.2 Å². The van der Waals surface area contributed by atoms with E-state index in [0.717, 1.165) is 5.56 Å². The standard InChI is InChI=1S/C22H19ClN2O3S/c23-20-12-6-4-8-17(20)14-15-22(26)24-16-18-9-5-7-13-21(18)25-29(27,28)19-10-2-1-3-11-19/h1-15,25H,16H2,(H,24,26)/b15-14+. The second kappa shape index (κ2) is 9.41. The van der Waals surface area contributed by atoms with Gasteiger partial charge in [0.25, 0.3) is 10.0 Å². The highest BCUT2D eigenvalue weighted by Gasteiger charge is 2.15. The Hall–Kier alpha value is -3.09. The number of amides is 1. The van der Waals surface area contributed by atoms with Gasteiger partial charge in [-0.25, -0.2) is 8.42 Å². The van der Waals surface area contributed by atoms with Crippen LogP contribution in [-0.4, -0.2) is 14.3 Å². The topological polar surface area (TPSA) is 75.3 Å².